The number of carbonyl (C=O) groups excluding carboxylic acids is 2. The summed E-state index contributed by atoms with van der Waals surface area (Å²) in [6.45, 7) is 5.75. The Balaban J connectivity index is 1.86. The SMILES string of the molecule is CCN(CC)c1ccc(N2C(=O)C(=O)/C(=C(/O)c3ccc(F)cc3)C2c2ccc(O)cc2)cc1. The lowest BCUT2D eigenvalue weighted by Gasteiger charge is -2.27. The number of phenolic OH excluding ortho intramolecular Hbond substituents is 1. The third-order valence-corrected chi connectivity index (χ3v) is 6.03. The van der Waals surface area contributed by atoms with Crippen LogP contribution in [0.2, 0.25) is 0 Å². The van der Waals surface area contributed by atoms with Crippen LogP contribution >= 0.6 is 0 Å². The molecule has 0 saturated carbocycles. The lowest BCUT2D eigenvalue weighted by molar-refractivity contribution is -0.132. The van der Waals surface area contributed by atoms with Gasteiger partial charge in [0.2, 0.25) is 0 Å². The van der Waals surface area contributed by atoms with E-state index in [1.54, 1.807) is 24.3 Å². The molecule has 1 aliphatic rings. The van der Waals surface area contributed by atoms with Gasteiger partial charge < -0.3 is 15.1 Å². The average molecular weight is 461 g/mol. The second-order valence-corrected chi connectivity index (χ2v) is 7.96. The molecule has 34 heavy (non-hydrogen) atoms. The van der Waals surface area contributed by atoms with Crippen molar-refractivity contribution < 1.29 is 24.2 Å². The predicted molar refractivity (Wildman–Crippen MR) is 129 cm³/mol. The van der Waals surface area contributed by atoms with Crippen molar-refractivity contribution in [3.63, 3.8) is 0 Å². The summed E-state index contributed by atoms with van der Waals surface area (Å²) in [7, 11) is 0. The highest BCUT2D eigenvalue weighted by Crippen LogP contribution is 2.42. The number of halogens is 1. The molecule has 1 heterocycles. The number of aliphatic hydroxyl groups excluding tert-OH is 1. The zero-order chi connectivity index (χ0) is 24.4. The fourth-order valence-electron chi connectivity index (χ4n) is 4.25. The number of phenols is 1. The van der Waals surface area contributed by atoms with E-state index in [4.69, 9.17) is 0 Å². The molecule has 2 N–H and O–H groups in total. The zero-order valence-electron chi connectivity index (χ0n) is 18.9. The van der Waals surface area contributed by atoms with E-state index in [0.717, 1.165) is 18.8 Å². The summed E-state index contributed by atoms with van der Waals surface area (Å²) in [5.41, 5.74) is 2.13. The van der Waals surface area contributed by atoms with Crippen molar-refractivity contribution in [2.75, 3.05) is 22.9 Å². The van der Waals surface area contributed by atoms with Crippen LogP contribution < -0.4 is 9.80 Å². The van der Waals surface area contributed by atoms with Gasteiger partial charge in [0.15, 0.2) is 0 Å². The van der Waals surface area contributed by atoms with Crippen molar-refractivity contribution in [3.8, 4) is 5.75 Å². The van der Waals surface area contributed by atoms with Gasteiger partial charge in [0, 0.05) is 30.0 Å². The molecule has 1 fully saturated rings. The molecule has 1 unspecified atom stereocenters. The molecule has 3 aromatic carbocycles. The Morgan fingerprint density at radius 2 is 1.50 bits per heavy atom. The van der Waals surface area contributed by atoms with Gasteiger partial charge in [-0.05, 0) is 80.1 Å². The minimum absolute atomic E-state index is 0.0304. The third-order valence-electron chi connectivity index (χ3n) is 6.03. The maximum absolute atomic E-state index is 13.4. The first-order chi connectivity index (χ1) is 16.3. The molecule has 0 bridgehead atoms. The number of hydrogen-bond donors (Lipinski definition) is 2. The van der Waals surface area contributed by atoms with E-state index < -0.39 is 29.3 Å². The summed E-state index contributed by atoms with van der Waals surface area (Å²) in [6.07, 6.45) is 0. The quantitative estimate of drug-likeness (QED) is 0.307. The number of carbonyl (C=O) groups is 2. The van der Waals surface area contributed by atoms with Crippen molar-refractivity contribution in [2.45, 2.75) is 19.9 Å². The minimum atomic E-state index is -0.926. The fraction of sp³-hybridized carbons (Fsp3) is 0.185. The van der Waals surface area contributed by atoms with Crippen LogP contribution in [0.1, 0.15) is 31.0 Å². The Morgan fingerprint density at radius 1 is 0.912 bits per heavy atom. The Labute approximate surface area is 197 Å². The van der Waals surface area contributed by atoms with Crippen molar-refractivity contribution in [1.82, 2.24) is 0 Å². The molecule has 7 heteroatoms. The zero-order valence-corrected chi connectivity index (χ0v) is 18.9. The summed E-state index contributed by atoms with van der Waals surface area (Å²) in [5.74, 6) is -2.47. The van der Waals surface area contributed by atoms with Crippen LogP contribution in [0, 0.1) is 5.82 Å². The van der Waals surface area contributed by atoms with E-state index in [9.17, 15) is 24.2 Å². The molecular weight excluding hydrogens is 435 g/mol. The van der Waals surface area contributed by atoms with Crippen molar-refractivity contribution in [3.05, 3.63) is 95.3 Å². The molecule has 1 saturated heterocycles. The lowest BCUT2D eigenvalue weighted by atomic mass is 9.95. The van der Waals surface area contributed by atoms with Gasteiger partial charge >= 0.3 is 0 Å². The number of ketones is 1. The van der Waals surface area contributed by atoms with Crippen molar-refractivity contribution >= 4 is 28.8 Å². The Kier molecular flexibility index (Phi) is 6.36. The third kappa shape index (κ3) is 4.12. The Morgan fingerprint density at radius 3 is 2.06 bits per heavy atom. The van der Waals surface area contributed by atoms with Crippen LogP contribution in [0.25, 0.3) is 5.76 Å². The molecule has 0 spiro atoms. The summed E-state index contributed by atoms with van der Waals surface area (Å²) in [5, 5.41) is 20.8. The van der Waals surface area contributed by atoms with Crippen molar-refractivity contribution in [1.29, 1.82) is 0 Å². The fourth-order valence-corrected chi connectivity index (χ4v) is 4.25. The normalized spacial score (nSPS) is 17.3. The standard InChI is InChI=1S/C27H25FN2O4/c1-3-29(4-2)20-11-13-21(14-12-20)30-24(17-7-15-22(31)16-8-17)23(26(33)27(30)34)25(32)18-5-9-19(28)10-6-18/h5-16,24,31-32H,3-4H2,1-2H3/b25-23+. The number of aliphatic hydroxyl groups is 1. The van der Waals surface area contributed by atoms with Gasteiger partial charge in [-0.15, -0.1) is 0 Å². The number of hydrogen-bond acceptors (Lipinski definition) is 5. The highest BCUT2D eigenvalue weighted by molar-refractivity contribution is 6.51. The topological polar surface area (TPSA) is 81.1 Å². The molecule has 0 aliphatic carbocycles. The van der Waals surface area contributed by atoms with Gasteiger partial charge in [-0.3, -0.25) is 14.5 Å². The van der Waals surface area contributed by atoms with E-state index in [2.05, 4.69) is 18.7 Å². The number of amides is 1. The van der Waals surface area contributed by atoms with Crippen LogP contribution in [-0.2, 0) is 9.59 Å². The molecule has 3 aromatic rings. The van der Waals surface area contributed by atoms with Crippen LogP contribution in [0.3, 0.4) is 0 Å². The average Bonchev–Trinajstić information content (AvgIpc) is 3.11. The van der Waals surface area contributed by atoms with Gasteiger partial charge in [-0.25, -0.2) is 4.39 Å². The number of aromatic hydroxyl groups is 1. The summed E-state index contributed by atoms with van der Waals surface area (Å²) < 4.78 is 13.4. The van der Waals surface area contributed by atoms with E-state index in [1.165, 1.54) is 41.3 Å². The van der Waals surface area contributed by atoms with Gasteiger partial charge in [-0.2, -0.15) is 0 Å². The monoisotopic (exact) mass is 460 g/mol. The van der Waals surface area contributed by atoms with Crippen molar-refractivity contribution in [2.24, 2.45) is 0 Å². The highest BCUT2D eigenvalue weighted by atomic mass is 19.1. The first-order valence-corrected chi connectivity index (χ1v) is 11.1. The molecule has 1 amide bonds. The van der Waals surface area contributed by atoms with Crippen LogP contribution in [0.4, 0.5) is 15.8 Å². The Bertz CT molecular complexity index is 1230. The molecule has 6 nitrogen and oxygen atoms in total. The molecule has 1 atom stereocenters. The van der Waals surface area contributed by atoms with Crippen LogP contribution in [-0.4, -0.2) is 35.0 Å². The van der Waals surface area contributed by atoms with Gasteiger partial charge in [-0.1, -0.05) is 12.1 Å². The van der Waals surface area contributed by atoms with Crippen LogP contribution in [0.15, 0.2) is 78.4 Å². The molecular formula is C27H25FN2O4. The number of rotatable bonds is 6. The molecule has 1 aliphatic heterocycles. The highest BCUT2D eigenvalue weighted by Gasteiger charge is 2.47. The van der Waals surface area contributed by atoms with E-state index in [1.807, 2.05) is 12.1 Å². The predicted octanol–water partition coefficient (Wildman–Crippen LogP) is 5.00. The molecule has 174 valence electrons. The van der Waals surface area contributed by atoms with Gasteiger partial charge in [0.05, 0.1) is 11.6 Å². The first kappa shape index (κ1) is 23.0. The number of Topliss-reactive ketones (excluding diaryl/α,β-unsaturated/α-hetero) is 1. The molecule has 0 aromatic heterocycles. The largest absolute Gasteiger partial charge is 0.508 e. The maximum Gasteiger partial charge on any atom is 0.300 e. The van der Waals surface area contributed by atoms with Crippen LogP contribution in [0.5, 0.6) is 5.75 Å². The van der Waals surface area contributed by atoms with E-state index in [0.29, 0.717) is 11.3 Å². The smallest absolute Gasteiger partial charge is 0.300 e. The second-order valence-electron chi connectivity index (χ2n) is 7.96. The van der Waals surface area contributed by atoms with E-state index in [-0.39, 0.29) is 16.9 Å². The molecule has 0 radical (unpaired) electrons. The summed E-state index contributed by atoms with van der Waals surface area (Å²) in [4.78, 5) is 29.8. The van der Waals surface area contributed by atoms with Gasteiger partial charge in [0.25, 0.3) is 11.7 Å². The summed E-state index contributed by atoms with van der Waals surface area (Å²) >= 11 is 0. The summed E-state index contributed by atoms with van der Waals surface area (Å²) in [6, 6.07) is 17.5. The first-order valence-electron chi connectivity index (χ1n) is 11.1. The lowest BCUT2D eigenvalue weighted by Crippen LogP contribution is -2.29. The number of nitrogens with zero attached hydrogens (tertiary/aromatic N) is 2. The maximum atomic E-state index is 13.4. The Hall–Kier alpha value is -4.13. The second kappa shape index (κ2) is 9.39. The number of anilines is 2. The molecule has 4 rings (SSSR count). The minimum Gasteiger partial charge on any atom is -0.508 e. The van der Waals surface area contributed by atoms with Gasteiger partial charge in [0.1, 0.15) is 17.3 Å². The van der Waals surface area contributed by atoms with E-state index >= 15 is 0 Å². The number of benzene rings is 3.